The Morgan fingerprint density at radius 2 is 1.36 bits per heavy atom. The van der Waals surface area contributed by atoms with Gasteiger partial charge in [0.1, 0.15) is 31.0 Å². The summed E-state index contributed by atoms with van der Waals surface area (Å²) in [6, 6.07) is 0. The van der Waals surface area contributed by atoms with E-state index in [0.717, 1.165) is 50.5 Å². The minimum absolute atomic E-state index is 0.00291. The Kier molecular flexibility index (Phi) is 12.0. The Balaban J connectivity index is 0.848. The van der Waals surface area contributed by atoms with Gasteiger partial charge in [-0.2, -0.15) is 0 Å². The number of aliphatic hydroxyl groups is 5. The molecule has 5 N–H and O–H groups in total. The van der Waals surface area contributed by atoms with Crippen molar-refractivity contribution in [3.8, 4) is 0 Å². The fraction of sp³-hybridized carbons (Fsp3) is 0.907. The van der Waals surface area contributed by atoms with Gasteiger partial charge in [0, 0.05) is 50.0 Å². The first-order chi connectivity index (χ1) is 27.4. The number of esters is 2. The molecule has 0 radical (unpaired) electrons. The quantitative estimate of drug-likeness (QED) is 0.176. The second-order valence-corrected chi connectivity index (χ2v) is 19.5. The van der Waals surface area contributed by atoms with Gasteiger partial charge in [-0.05, 0) is 94.5 Å². The number of hydrogen-bond donors (Lipinski definition) is 5. The zero-order valence-electron chi connectivity index (χ0n) is 34.8. The van der Waals surface area contributed by atoms with Crippen LogP contribution in [-0.4, -0.2) is 136 Å². The molecule has 4 saturated carbocycles. The molecule has 8 aliphatic rings. The van der Waals surface area contributed by atoms with Gasteiger partial charge in [-0.15, -0.1) is 0 Å². The van der Waals surface area contributed by atoms with Crippen molar-refractivity contribution in [1.29, 1.82) is 0 Å². The molecule has 0 aromatic rings. The van der Waals surface area contributed by atoms with E-state index in [1.165, 1.54) is 13.0 Å². The van der Waals surface area contributed by atoms with Crippen LogP contribution in [0.4, 0.5) is 0 Å². The van der Waals surface area contributed by atoms with E-state index in [2.05, 4.69) is 13.8 Å². The highest BCUT2D eigenvalue weighted by Crippen LogP contribution is 2.70. The molecule has 58 heavy (non-hydrogen) atoms. The molecule has 0 aromatic carbocycles. The van der Waals surface area contributed by atoms with Crippen molar-refractivity contribution in [1.82, 2.24) is 0 Å². The van der Waals surface area contributed by atoms with E-state index in [-0.39, 0.29) is 61.2 Å². The molecule has 21 atom stereocenters. The molecular weight excluding hydrogens is 756 g/mol. The van der Waals surface area contributed by atoms with Crippen LogP contribution in [0.3, 0.4) is 0 Å². The summed E-state index contributed by atoms with van der Waals surface area (Å²) in [5, 5.41) is 55.4. The van der Waals surface area contributed by atoms with E-state index in [4.69, 9.17) is 37.9 Å². The fourth-order valence-corrected chi connectivity index (χ4v) is 13.2. The Labute approximate surface area is 341 Å². The normalized spacial score (nSPS) is 53.2. The van der Waals surface area contributed by atoms with Crippen molar-refractivity contribution in [2.75, 3.05) is 6.61 Å². The van der Waals surface area contributed by atoms with E-state index in [9.17, 15) is 35.1 Å². The Morgan fingerprint density at radius 1 is 0.759 bits per heavy atom. The highest BCUT2D eigenvalue weighted by molar-refractivity contribution is 5.85. The van der Waals surface area contributed by atoms with Gasteiger partial charge in [-0.1, -0.05) is 13.8 Å². The first-order valence-electron chi connectivity index (χ1n) is 21.8. The Morgan fingerprint density at radius 3 is 1.93 bits per heavy atom. The fourth-order valence-electron chi connectivity index (χ4n) is 13.2. The summed E-state index contributed by atoms with van der Waals surface area (Å²) in [5.41, 5.74) is -0.805. The first kappa shape index (κ1) is 42.9. The molecule has 4 heterocycles. The highest BCUT2D eigenvalue weighted by Gasteiger charge is 2.71. The van der Waals surface area contributed by atoms with E-state index in [1.54, 1.807) is 13.8 Å². The molecule has 4 unspecified atom stereocenters. The summed E-state index contributed by atoms with van der Waals surface area (Å²) in [5.74, 6) is -0.330. The molecule has 0 amide bonds. The minimum Gasteiger partial charge on any atom is -0.462 e. The lowest BCUT2D eigenvalue weighted by Gasteiger charge is -2.63. The maximum absolute atomic E-state index is 12.8. The molecule has 15 nitrogen and oxygen atoms in total. The summed E-state index contributed by atoms with van der Waals surface area (Å²) >= 11 is 0. The minimum atomic E-state index is -1.05. The predicted octanol–water partition coefficient (Wildman–Crippen LogP) is 2.79. The van der Waals surface area contributed by atoms with Gasteiger partial charge in [0.25, 0.3) is 0 Å². The molecule has 4 aliphatic carbocycles. The van der Waals surface area contributed by atoms with Crippen LogP contribution in [0.2, 0.25) is 0 Å². The van der Waals surface area contributed by atoms with Gasteiger partial charge in [0.15, 0.2) is 18.9 Å². The SMILES string of the molecule is CC(=O)O[C@H]1C[C@]2(O)[C@@H]3CC[C@@H]4C[C@@H](O[C@H]5C[C@H](O)C(OC6C[C@H](O)C(OC7C[C@H](O)[C@H](O)[C@@H](C)O7)[C@@H](C)O6)[C@@H](C)O5)CC[C@]4(C)[C@H]3CC[C@]2(C)[C@H]1C1=CC(=O)OC1. The number of ether oxygens (including phenoxy) is 8. The van der Waals surface area contributed by atoms with E-state index in [1.807, 2.05) is 6.92 Å². The number of hydrogen-bond acceptors (Lipinski definition) is 15. The third-order valence-corrected chi connectivity index (χ3v) is 16.1. The van der Waals surface area contributed by atoms with E-state index in [0.29, 0.717) is 18.3 Å². The summed E-state index contributed by atoms with van der Waals surface area (Å²) in [6.07, 6.45) is -1.36. The van der Waals surface area contributed by atoms with Gasteiger partial charge >= 0.3 is 11.9 Å². The number of fused-ring (bicyclic) bond motifs is 5. The summed E-state index contributed by atoms with van der Waals surface area (Å²) in [6.45, 7) is 11.3. The van der Waals surface area contributed by atoms with Gasteiger partial charge in [0.05, 0.1) is 48.3 Å². The van der Waals surface area contributed by atoms with Crippen LogP contribution in [0.25, 0.3) is 0 Å². The topological polar surface area (TPSA) is 209 Å². The summed E-state index contributed by atoms with van der Waals surface area (Å²) in [4.78, 5) is 24.4. The van der Waals surface area contributed by atoms with Gasteiger partial charge in [-0.25, -0.2) is 4.79 Å². The van der Waals surface area contributed by atoms with Crippen LogP contribution in [0.15, 0.2) is 11.6 Å². The van der Waals surface area contributed by atoms with Crippen LogP contribution in [0.1, 0.15) is 112 Å². The molecular formula is C43H66O15. The maximum Gasteiger partial charge on any atom is 0.331 e. The number of aliphatic hydroxyl groups excluding tert-OH is 4. The zero-order chi connectivity index (χ0) is 41.5. The monoisotopic (exact) mass is 822 g/mol. The maximum atomic E-state index is 12.8. The second kappa shape index (κ2) is 16.2. The molecule has 7 fully saturated rings. The van der Waals surface area contributed by atoms with E-state index < -0.39 is 90.9 Å². The van der Waals surface area contributed by atoms with Gasteiger partial charge in [-0.3, -0.25) is 4.79 Å². The Hall–Kier alpha value is -1.76. The average molecular weight is 823 g/mol. The number of rotatable bonds is 8. The second-order valence-electron chi connectivity index (χ2n) is 19.5. The van der Waals surface area contributed by atoms with Crippen molar-refractivity contribution in [2.24, 2.45) is 34.5 Å². The standard InChI is InChI=1S/C43H66O15/c1-20-38(49)29(45)15-35(52-20)57-40-22(3)54-36(17-31(40)47)58-39-21(2)53-34(16-30(39)46)56-26-9-11-41(5)25(14-26)7-8-28-27(41)10-12-42(6)37(24-13-33(48)51-19-24)32(55-23(4)44)18-43(28,42)50/h13,20-22,25-32,34-40,45-47,49-50H,7-12,14-19H2,1-6H3/t20-,21-,22-,25-,26+,27+,28-,29+,30+,31+,32+,34+,35?,36?,37+,38-,39?,40?,41+,42-,43+/m1/s1. The molecule has 4 aliphatic heterocycles. The van der Waals surface area contributed by atoms with Crippen LogP contribution < -0.4 is 0 Å². The van der Waals surface area contributed by atoms with Crippen molar-refractivity contribution < 1.29 is 73.0 Å². The lowest BCUT2D eigenvalue weighted by atomic mass is 9.43. The van der Waals surface area contributed by atoms with E-state index >= 15 is 0 Å². The molecule has 0 spiro atoms. The zero-order valence-corrected chi connectivity index (χ0v) is 34.8. The molecule has 15 heteroatoms. The smallest absolute Gasteiger partial charge is 0.331 e. The number of carbonyl (C=O) groups is 2. The molecule has 328 valence electrons. The third kappa shape index (κ3) is 7.60. The largest absolute Gasteiger partial charge is 0.462 e. The number of carbonyl (C=O) groups excluding carboxylic acids is 2. The van der Waals surface area contributed by atoms with Crippen molar-refractivity contribution >= 4 is 11.9 Å². The van der Waals surface area contributed by atoms with Crippen molar-refractivity contribution in [3.05, 3.63) is 11.6 Å². The van der Waals surface area contributed by atoms with Crippen LogP contribution in [0.5, 0.6) is 0 Å². The lowest BCUT2D eigenvalue weighted by Crippen LogP contribution is -2.62. The van der Waals surface area contributed by atoms with Crippen LogP contribution in [-0.2, 0) is 47.5 Å². The van der Waals surface area contributed by atoms with Gasteiger partial charge in [0.2, 0.25) is 0 Å². The van der Waals surface area contributed by atoms with Crippen LogP contribution in [0, 0.1) is 34.5 Å². The first-order valence-corrected chi connectivity index (χ1v) is 21.8. The molecule has 0 bridgehead atoms. The van der Waals surface area contributed by atoms with Crippen LogP contribution >= 0.6 is 0 Å². The molecule has 0 aromatic heterocycles. The van der Waals surface area contributed by atoms with Gasteiger partial charge < -0.3 is 63.4 Å². The Bertz CT molecular complexity index is 1520. The lowest BCUT2D eigenvalue weighted by molar-refractivity contribution is -0.336. The van der Waals surface area contributed by atoms with Crippen molar-refractivity contribution in [3.63, 3.8) is 0 Å². The third-order valence-electron chi connectivity index (χ3n) is 16.1. The highest BCUT2D eigenvalue weighted by atomic mass is 16.7. The predicted molar refractivity (Wildman–Crippen MR) is 202 cm³/mol. The summed E-state index contributed by atoms with van der Waals surface area (Å²) in [7, 11) is 0. The summed E-state index contributed by atoms with van der Waals surface area (Å²) < 4.78 is 48.1. The number of cyclic esters (lactones) is 1. The molecule has 3 saturated heterocycles. The van der Waals surface area contributed by atoms with Crippen molar-refractivity contribution in [2.45, 2.75) is 204 Å². The molecule has 8 rings (SSSR count). The average Bonchev–Trinajstić information content (AvgIpc) is 3.66.